The van der Waals surface area contributed by atoms with Crippen molar-refractivity contribution in [1.82, 2.24) is 16.0 Å². The van der Waals surface area contributed by atoms with Crippen LogP contribution in [0, 0.1) is 5.92 Å². The molecule has 1 fully saturated rings. The van der Waals surface area contributed by atoms with Crippen molar-refractivity contribution >= 4 is 35.8 Å². The van der Waals surface area contributed by atoms with Gasteiger partial charge in [0.1, 0.15) is 0 Å². The van der Waals surface area contributed by atoms with Crippen LogP contribution in [0.1, 0.15) is 37.8 Å². The Morgan fingerprint density at radius 3 is 2.62 bits per heavy atom. The molecule has 3 N–H and O–H groups in total. The normalized spacial score (nSPS) is 17.7. The highest BCUT2D eigenvalue weighted by atomic mass is 35.5. The van der Waals surface area contributed by atoms with Gasteiger partial charge >= 0.3 is 0 Å². The predicted molar refractivity (Wildman–Crippen MR) is 98.5 cm³/mol. The van der Waals surface area contributed by atoms with Crippen molar-refractivity contribution in [1.29, 1.82) is 0 Å². The number of carbonyl (C=O) groups excluding carboxylic acids is 2. The van der Waals surface area contributed by atoms with Gasteiger partial charge in [0, 0.05) is 18.5 Å². The lowest BCUT2D eigenvalue weighted by Crippen LogP contribution is -2.33. The van der Waals surface area contributed by atoms with Crippen LogP contribution in [-0.4, -0.2) is 31.4 Å². The molecule has 0 spiro atoms. The van der Waals surface area contributed by atoms with Crippen LogP contribution in [0.25, 0.3) is 0 Å². The van der Waals surface area contributed by atoms with Gasteiger partial charge in [-0.25, -0.2) is 0 Å². The Balaban J connectivity index is 0.00000288. The van der Waals surface area contributed by atoms with Crippen molar-refractivity contribution < 1.29 is 9.59 Å². The van der Waals surface area contributed by atoms with E-state index in [9.17, 15) is 9.59 Å². The standard InChI is InChI=1S/C17H24ClN3O2.ClH/c1-12(22)21-16(14-2-4-15(18)5-3-14)10-17(23)20-9-7-13-6-8-19-11-13;/h2-5,13,16,19H,6-11H2,1H3,(H,20,23)(H,21,22);1H. The quantitative estimate of drug-likeness (QED) is 0.687. The highest BCUT2D eigenvalue weighted by Gasteiger charge is 2.18. The minimum absolute atomic E-state index is 0. The van der Waals surface area contributed by atoms with Crippen molar-refractivity contribution in [3.05, 3.63) is 34.9 Å². The van der Waals surface area contributed by atoms with E-state index in [2.05, 4.69) is 16.0 Å². The van der Waals surface area contributed by atoms with Gasteiger partial charge in [-0.2, -0.15) is 0 Å². The van der Waals surface area contributed by atoms with Gasteiger partial charge < -0.3 is 16.0 Å². The molecule has 1 aromatic carbocycles. The summed E-state index contributed by atoms with van der Waals surface area (Å²) in [5.74, 6) is 0.442. The lowest BCUT2D eigenvalue weighted by atomic mass is 10.0. The summed E-state index contributed by atoms with van der Waals surface area (Å²) < 4.78 is 0. The number of hydrogen-bond donors (Lipinski definition) is 3. The molecule has 2 rings (SSSR count). The second-order valence-electron chi connectivity index (χ2n) is 6.01. The molecule has 0 saturated carbocycles. The van der Waals surface area contributed by atoms with Crippen molar-refractivity contribution in [3.8, 4) is 0 Å². The lowest BCUT2D eigenvalue weighted by Gasteiger charge is -2.18. The fraction of sp³-hybridized carbons (Fsp3) is 0.529. The zero-order valence-electron chi connectivity index (χ0n) is 13.8. The summed E-state index contributed by atoms with van der Waals surface area (Å²) in [6, 6.07) is 6.85. The van der Waals surface area contributed by atoms with Gasteiger partial charge in [-0.05, 0) is 49.5 Å². The molecule has 0 aromatic heterocycles. The molecular formula is C17H25Cl2N3O2. The summed E-state index contributed by atoms with van der Waals surface area (Å²) in [5, 5.41) is 9.72. The fourth-order valence-electron chi connectivity index (χ4n) is 2.83. The third kappa shape index (κ3) is 7.07. The molecule has 1 heterocycles. The maximum atomic E-state index is 12.1. The number of hydrogen-bond acceptors (Lipinski definition) is 3. The molecule has 0 radical (unpaired) electrons. The van der Waals surface area contributed by atoms with E-state index in [-0.39, 0.29) is 36.7 Å². The topological polar surface area (TPSA) is 70.2 Å². The van der Waals surface area contributed by atoms with Gasteiger partial charge in [0.2, 0.25) is 11.8 Å². The number of nitrogens with one attached hydrogen (secondary N) is 3. The van der Waals surface area contributed by atoms with Crippen LogP contribution in [0.3, 0.4) is 0 Å². The predicted octanol–water partition coefficient (Wildman–Crippen LogP) is 2.44. The first-order valence-corrected chi connectivity index (χ1v) is 8.42. The number of amides is 2. The fourth-order valence-corrected chi connectivity index (χ4v) is 2.95. The monoisotopic (exact) mass is 373 g/mol. The van der Waals surface area contributed by atoms with Crippen LogP contribution in [0.5, 0.6) is 0 Å². The van der Waals surface area contributed by atoms with Crippen molar-refractivity contribution in [2.75, 3.05) is 19.6 Å². The van der Waals surface area contributed by atoms with E-state index in [1.807, 2.05) is 12.1 Å². The molecule has 5 nitrogen and oxygen atoms in total. The van der Waals surface area contributed by atoms with Crippen LogP contribution in [0.15, 0.2) is 24.3 Å². The summed E-state index contributed by atoms with van der Waals surface area (Å²) in [6.45, 7) is 4.24. The SMILES string of the molecule is CC(=O)NC(CC(=O)NCCC1CCNC1)c1ccc(Cl)cc1.Cl. The van der Waals surface area contributed by atoms with Crippen molar-refractivity contribution in [2.24, 2.45) is 5.92 Å². The summed E-state index contributed by atoms with van der Waals surface area (Å²) in [4.78, 5) is 23.5. The maximum absolute atomic E-state index is 12.1. The van der Waals surface area contributed by atoms with E-state index in [4.69, 9.17) is 11.6 Å². The number of rotatable bonds is 7. The molecule has 2 unspecified atom stereocenters. The summed E-state index contributed by atoms with van der Waals surface area (Å²) >= 11 is 5.89. The van der Waals surface area contributed by atoms with E-state index in [0.29, 0.717) is 17.5 Å². The van der Waals surface area contributed by atoms with E-state index >= 15 is 0 Å². The smallest absolute Gasteiger partial charge is 0.222 e. The Labute approximate surface area is 154 Å². The zero-order chi connectivity index (χ0) is 16.7. The van der Waals surface area contributed by atoms with Crippen molar-refractivity contribution in [2.45, 2.75) is 32.2 Å². The van der Waals surface area contributed by atoms with Gasteiger partial charge in [0.05, 0.1) is 12.5 Å². The molecule has 24 heavy (non-hydrogen) atoms. The number of benzene rings is 1. The molecule has 0 bridgehead atoms. The lowest BCUT2D eigenvalue weighted by molar-refractivity contribution is -0.122. The van der Waals surface area contributed by atoms with Crippen LogP contribution in [0.4, 0.5) is 0 Å². The molecule has 2 atom stereocenters. The van der Waals surface area contributed by atoms with Gasteiger partial charge in [0.15, 0.2) is 0 Å². The van der Waals surface area contributed by atoms with E-state index < -0.39 is 0 Å². The third-order valence-corrected chi connectivity index (χ3v) is 4.33. The third-order valence-electron chi connectivity index (χ3n) is 4.08. The maximum Gasteiger partial charge on any atom is 0.222 e. The minimum atomic E-state index is -0.335. The van der Waals surface area contributed by atoms with Crippen LogP contribution in [-0.2, 0) is 9.59 Å². The summed E-state index contributed by atoms with van der Waals surface area (Å²) in [5.41, 5.74) is 0.875. The average molecular weight is 374 g/mol. The first kappa shape index (κ1) is 20.7. The second kappa shape index (κ2) is 10.5. The zero-order valence-corrected chi connectivity index (χ0v) is 15.4. The molecule has 1 aromatic rings. The van der Waals surface area contributed by atoms with Gasteiger partial charge in [-0.3, -0.25) is 9.59 Å². The summed E-state index contributed by atoms with van der Waals surface area (Å²) in [6.07, 6.45) is 2.39. The molecule has 1 saturated heterocycles. The average Bonchev–Trinajstić information content (AvgIpc) is 3.00. The number of carbonyl (C=O) groups is 2. The Hall–Kier alpha value is -1.30. The number of halogens is 2. The van der Waals surface area contributed by atoms with Crippen LogP contribution < -0.4 is 16.0 Å². The Morgan fingerprint density at radius 1 is 1.33 bits per heavy atom. The van der Waals surface area contributed by atoms with E-state index in [0.717, 1.165) is 25.1 Å². The largest absolute Gasteiger partial charge is 0.356 e. The van der Waals surface area contributed by atoms with Crippen molar-refractivity contribution in [3.63, 3.8) is 0 Å². The van der Waals surface area contributed by atoms with E-state index in [1.165, 1.54) is 13.3 Å². The highest BCUT2D eigenvalue weighted by Crippen LogP contribution is 2.19. The van der Waals surface area contributed by atoms with Gasteiger partial charge in [-0.15, -0.1) is 12.4 Å². The van der Waals surface area contributed by atoms with Gasteiger partial charge in [0.25, 0.3) is 0 Å². The van der Waals surface area contributed by atoms with Crippen LogP contribution in [0.2, 0.25) is 5.02 Å². The molecule has 134 valence electrons. The molecule has 7 heteroatoms. The van der Waals surface area contributed by atoms with Crippen LogP contribution >= 0.6 is 24.0 Å². The highest BCUT2D eigenvalue weighted by molar-refractivity contribution is 6.30. The first-order valence-electron chi connectivity index (χ1n) is 8.04. The Bertz CT molecular complexity index is 531. The Morgan fingerprint density at radius 2 is 2.04 bits per heavy atom. The minimum Gasteiger partial charge on any atom is -0.356 e. The molecule has 1 aliphatic rings. The molecule has 1 aliphatic heterocycles. The molecule has 0 aliphatic carbocycles. The molecule has 2 amide bonds. The van der Waals surface area contributed by atoms with Gasteiger partial charge in [-0.1, -0.05) is 23.7 Å². The molecular weight excluding hydrogens is 349 g/mol. The summed E-state index contributed by atoms with van der Waals surface area (Å²) in [7, 11) is 0. The Kier molecular flexibility index (Phi) is 9.11. The second-order valence-corrected chi connectivity index (χ2v) is 6.44. The first-order chi connectivity index (χ1) is 11.0. The van der Waals surface area contributed by atoms with E-state index in [1.54, 1.807) is 12.1 Å².